The smallest absolute Gasteiger partial charge is 0.277 e. The van der Waals surface area contributed by atoms with Gasteiger partial charge in [0.25, 0.3) is 16.0 Å². The summed E-state index contributed by atoms with van der Waals surface area (Å²) in [4.78, 5) is 4.34. The van der Waals surface area contributed by atoms with Crippen LogP contribution in [0.15, 0.2) is 27.6 Å². The molecule has 6 nitrogen and oxygen atoms in total. The predicted octanol–water partition coefficient (Wildman–Crippen LogP) is 2.24. The number of sulfonamides is 1. The molecule has 0 amide bonds. The van der Waals surface area contributed by atoms with Gasteiger partial charge in [0.1, 0.15) is 0 Å². The quantitative estimate of drug-likeness (QED) is 0.936. The molecule has 0 radical (unpaired) electrons. The number of nitrogens with zero attached hydrogens (tertiary/aromatic N) is 2. The van der Waals surface area contributed by atoms with Crippen molar-refractivity contribution < 1.29 is 12.9 Å². The molecule has 1 aromatic carbocycles. The SMILES string of the molecule is O=S(=O)(Nc1noc(C2CC2)n1)c1ccc2c(c1)CCC2. The first-order chi connectivity index (χ1) is 10.1. The third-order valence-corrected chi connectivity index (χ3v) is 5.30. The number of fused-ring (bicyclic) bond motifs is 1. The molecule has 0 unspecified atom stereocenters. The Hall–Kier alpha value is -1.89. The zero-order valence-electron chi connectivity index (χ0n) is 11.4. The number of rotatable bonds is 4. The van der Waals surface area contributed by atoms with Gasteiger partial charge >= 0.3 is 0 Å². The van der Waals surface area contributed by atoms with E-state index in [1.165, 1.54) is 5.56 Å². The van der Waals surface area contributed by atoms with Crippen LogP contribution in [0.25, 0.3) is 0 Å². The first kappa shape index (κ1) is 12.8. The molecule has 0 aliphatic heterocycles. The largest absolute Gasteiger partial charge is 0.337 e. The molecule has 0 bridgehead atoms. The highest BCUT2D eigenvalue weighted by atomic mass is 32.2. The summed E-state index contributed by atoms with van der Waals surface area (Å²) in [5, 5.41) is 3.68. The number of hydrogen-bond acceptors (Lipinski definition) is 5. The molecule has 0 atom stereocenters. The summed E-state index contributed by atoms with van der Waals surface area (Å²) < 4.78 is 32.2. The van der Waals surface area contributed by atoms with E-state index in [4.69, 9.17) is 4.52 Å². The van der Waals surface area contributed by atoms with Gasteiger partial charge < -0.3 is 4.52 Å². The van der Waals surface area contributed by atoms with Gasteiger partial charge in [-0.15, -0.1) is 0 Å². The van der Waals surface area contributed by atoms with Gasteiger partial charge in [-0.1, -0.05) is 6.07 Å². The fourth-order valence-electron chi connectivity index (χ4n) is 2.67. The van der Waals surface area contributed by atoms with E-state index in [-0.39, 0.29) is 10.8 Å². The lowest BCUT2D eigenvalue weighted by atomic mass is 10.1. The Morgan fingerprint density at radius 3 is 2.81 bits per heavy atom. The molecule has 1 saturated carbocycles. The van der Waals surface area contributed by atoms with Crippen LogP contribution < -0.4 is 4.72 Å². The third kappa shape index (κ3) is 2.42. The Bertz CT molecular complexity index is 794. The molecular weight excluding hydrogens is 290 g/mol. The topological polar surface area (TPSA) is 85.1 Å². The number of aryl methyl sites for hydroxylation is 2. The van der Waals surface area contributed by atoms with Gasteiger partial charge in [0, 0.05) is 5.92 Å². The van der Waals surface area contributed by atoms with E-state index in [0.717, 1.165) is 37.7 Å². The van der Waals surface area contributed by atoms with E-state index < -0.39 is 10.0 Å². The summed E-state index contributed by atoms with van der Waals surface area (Å²) >= 11 is 0. The average molecular weight is 305 g/mol. The van der Waals surface area contributed by atoms with Crippen LogP contribution in [0.3, 0.4) is 0 Å². The second kappa shape index (κ2) is 4.56. The average Bonchev–Trinajstić information content (AvgIpc) is 3.02. The Morgan fingerprint density at radius 2 is 2.00 bits per heavy atom. The number of benzene rings is 1. The summed E-state index contributed by atoms with van der Waals surface area (Å²) in [6.07, 6.45) is 5.10. The molecule has 7 heteroatoms. The molecule has 4 rings (SSSR count). The normalized spacial score (nSPS) is 17.7. The Kier molecular flexibility index (Phi) is 2.78. The zero-order valence-corrected chi connectivity index (χ0v) is 12.2. The van der Waals surface area contributed by atoms with Crippen molar-refractivity contribution in [3.8, 4) is 0 Å². The van der Waals surface area contributed by atoms with Gasteiger partial charge in [0.2, 0.25) is 5.89 Å². The molecular formula is C14H15N3O3S. The van der Waals surface area contributed by atoms with Crippen LogP contribution in [0.4, 0.5) is 5.95 Å². The van der Waals surface area contributed by atoms with Gasteiger partial charge in [-0.25, -0.2) is 13.1 Å². The van der Waals surface area contributed by atoms with E-state index in [1.54, 1.807) is 12.1 Å². The van der Waals surface area contributed by atoms with E-state index in [9.17, 15) is 8.42 Å². The van der Waals surface area contributed by atoms with Gasteiger partial charge in [-0.05, 0) is 60.5 Å². The predicted molar refractivity (Wildman–Crippen MR) is 75.5 cm³/mol. The van der Waals surface area contributed by atoms with Crippen LogP contribution in [-0.2, 0) is 22.9 Å². The van der Waals surface area contributed by atoms with Crippen LogP contribution in [0.2, 0.25) is 0 Å². The minimum absolute atomic E-state index is 0.0115. The highest BCUT2D eigenvalue weighted by molar-refractivity contribution is 7.92. The minimum Gasteiger partial charge on any atom is -0.337 e. The van der Waals surface area contributed by atoms with Gasteiger partial charge in [-0.3, -0.25) is 0 Å². The lowest BCUT2D eigenvalue weighted by Crippen LogP contribution is -2.14. The number of hydrogen-bond donors (Lipinski definition) is 1. The maximum atomic E-state index is 12.4. The summed E-state index contributed by atoms with van der Waals surface area (Å²) in [7, 11) is -3.66. The molecule has 2 aliphatic rings. The molecule has 2 aliphatic carbocycles. The lowest BCUT2D eigenvalue weighted by Gasteiger charge is -2.06. The van der Waals surface area contributed by atoms with E-state index in [0.29, 0.717) is 11.8 Å². The third-order valence-electron chi connectivity index (χ3n) is 3.97. The molecule has 0 saturated heterocycles. The maximum Gasteiger partial charge on any atom is 0.277 e. The first-order valence-electron chi connectivity index (χ1n) is 7.10. The monoisotopic (exact) mass is 305 g/mol. The van der Waals surface area contributed by atoms with Crippen molar-refractivity contribution in [2.75, 3.05) is 4.72 Å². The summed E-state index contributed by atoms with van der Waals surface area (Å²) in [6, 6.07) is 5.27. The Balaban J connectivity index is 1.60. The number of aromatic nitrogens is 2. The standard InChI is InChI=1S/C14H15N3O3S/c18-21(19,12-7-6-9-2-1-3-11(9)8-12)17-14-15-13(20-16-14)10-4-5-10/h6-8,10H,1-5H2,(H,16,17). The fraction of sp³-hybridized carbons (Fsp3) is 0.429. The van der Waals surface area contributed by atoms with Crippen molar-refractivity contribution in [1.82, 2.24) is 10.1 Å². The van der Waals surface area contributed by atoms with Crippen molar-refractivity contribution in [3.63, 3.8) is 0 Å². The molecule has 21 heavy (non-hydrogen) atoms. The second-order valence-electron chi connectivity index (χ2n) is 5.62. The van der Waals surface area contributed by atoms with Crippen LogP contribution in [0, 0.1) is 0 Å². The van der Waals surface area contributed by atoms with E-state index in [2.05, 4.69) is 14.9 Å². The summed E-state index contributed by atoms with van der Waals surface area (Å²) in [5.41, 5.74) is 2.36. The molecule has 1 aromatic heterocycles. The van der Waals surface area contributed by atoms with Crippen LogP contribution in [0.5, 0.6) is 0 Å². The van der Waals surface area contributed by atoms with E-state index in [1.807, 2.05) is 6.07 Å². The van der Waals surface area contributed by atoms with Gasteiger partial charge in [0.15, 0.2) is 0 Å². The molecule has 110 valence electrons. The van der Waals surface area contributed by atoms with E-state index >= 15 is 0 Å². The summed E-state index contributed by atoms with van der Waals surface area (Å²) in [6.45, 7) is 0. The van der Waals surface area contributed by atoms with Gasteiger partial charge in [-0.2, -0.15) is 4.98 Å². The number of anilines is 1. The van der Waals surface area contributed by atoms with Crippen molar-refractivity contribution >= 4 is 16.0 Å². The summed E-state index contributed by atoms with van der Waals surface area (Å²) in [5.74, 6) is 0.829. The maximum absolute atomic E-state index is 12.4. The molecule has 1 fully saturated rings. The molecule has 0 spiro atoms. The minimum atomic E-state index is -3.66. The highest BCUT2D eigenvalue weighted by Crippen LogP contribution is 2.39. The van der Waals surface area contributed by atoms with Crippen molar-refractivity contribution in [2.45, 2.75) is 42.9 Å². The lowest BCUT2D eigenvalue weighted by molar-refractivity contribution is 0.380. The highest BCUT2D eigenvalue weighted by Gasteiger charge is 2.30. The molecule has 1 heterocycles. The van der Waals surface area contributed by atoms with Gasteiger partial charge in [0.05, 0.1) is 4.90 Å². The molecule has 2 aromatic rings. The van der Waals surface area contributed by atoms with Crippen molar-refractivity contribution in [3.05, 3.63) is 35.2 Å². The van der Waals surface area contributed by atoms with Crippen molar-refractivity contribution in [2.24, 2.45) is 0 Å². The Morgan fingerprint density at radius 1 is 1.19 bits per heavy atom. The fourth-order valence-corrected chi connectivity index (χ4v) is 3.65. The number of nitrogens with one attached hydrogen (secondary N) is 1. The van der Waals surface area contributed by atoms with Crippen LogP contribution >= 0.6 is 0 Å². The second-order valence-corrected chi connectivity index (χ2v) is 7.30. The van der Waals surface area contributed by atoms with Crippen LogP contribution in [0.1, 0.15) is 42.2 Å². The zero-order chi connectivity index (χ0) is 14.4. The first-order valence-corrected chi connectivity index (χ1v) is 8.58. The van der Waals surface area contributed by atoms with Crippen molar-refractivity contribution in [1.29, 1.82) is 0 Å². The van der Waals surface area contributed by atoms with Crippen LogP contribution in [-0.4, -0.2) is 18.6 Å². The Labute approximate surface area is 122 Å². The molecule has 1 N–H and O–H groups in total.